The molecule has 0 unspecified atom stereocenters. The predicted molar refractivity (Wildman–Crippen MR) is 106 cm³/mol. The molecule has 3 aromatic carbocycles. The van der Waals surface area contributed by atoms with E-state index in [1.165, 1.54) is 5.56 Å². The standard InChI is InChI=1S/C23H21NO3/c25-23(26)19-10-13-22-18(15-19)5-4-14-24(22)16-17-8-11-21(12-9-17)27-20-6-2-1-3-7-20/h1-3,6-13,15H,4-5,14,16H2,(H,25,26). The molecule has 27 heavy (non-hydrogen) atoms. The quantitative estimate of drug-likeness (QED) is 0.686. The molecule has 1 aliphatic heterocycles. The van der Waals surface area contributed by atoms with E-state index in [4.69, 9.17) is 4.74 Å². The molecular formula is C23H21NO3. The highest BCUT2D eigenvalue weighted by Gasteiger charge is 2.18. The fourth-order valence-corrected chi connectivity index (χ4v) is 3.48. The van der Waals surface area contributed by atoms with Crippen molar-refractivity contribution in [3.8, 4) is 11.5 Å². The summed E-state index contributed by atoms with van der Waals surface area (Å²) >= 11 is 0. The SMILES string of the molecule is O=C(O)c1ccc2c(c1)CCCN2Cc1ccc(Oc2ccccc2)cc1. The largest absolute Gasteiger partial charge is 0.478 e. The van der Waals surface area contributed by atoms with Crippen LogP contribution in [-0.2, 0) is 13.0 Å². The van der Waals surface area contributed by atoms with Crippen LogP contribution in [0.5, 0.6) is 11.5 Å². The second-order valence-electron chi connectivity index (χ2n) is 6.73. The summed E-state index contributed by atoms with van der Waals surface area (Å²) in [6, 6.07) is 23.3. The van der Waals surface area contributed by atoms with Crippen molar-refractivity contribution in [2.45, 2.75) is 19.4 Å². The molecule has 0 radical (unpaired) electrons. The van der Waals surface area contributed by atoms with Crippen LogP contribution in [0, 0.1) is 0 Å². The molecule has 0 fully saturated rings. The van der Waals surface area contributed by atoms with Crippen LogP contribution in [0.4, 0.5) is 5.69 Å². The summed E-state index contributed by atoms with van der Waals surface area (Å²) in [5.41, 5.74) is 3.81. The van der Waals surface area contributed by atoms with Crippen LogP contribution >= 0.6 is 0 Å². The van der Waals surface area contributed by atoms with E-state index in [1.54, 1.807) is 12.1 Å². The molecule has 0 aromatic heterocycles. The number of fused-ring (bicyclic) bond motifs is 1. The smallest absolute Gasteiger partial charge is 0.335 e. The normalized spacial score (nSPS) is 13.1. The van der Waals surface area contributed by atoms with Crippen LogP contribution < -0.4 is 9.64 Å². The molecule has 0 saturated carbocycles. The summed E-state index contributed by atoms with van der Waals surface area (Å²) in [6.07, 6.45) is 1.96. The number of aryl methyl sites for hydroxylation is 1. The van der Waals surface area contributed by atoms with Gasteiger partial charge in [0.1, 0.15) is 11.5 Å². The number of anilines is 1. The van der Waals surface area contributed by atoms with E-state index in [0.29, 0.717) is 5.56 Å². The van der Waals surface area contributed by atoms with Crippen LogP contribution in [0.1, 0.15) is 27.9 Å². The molecule has 0 saturated heterocycles. The van der Waals surface area contributed by atoms with E-state index in [-0.39, 0.29) is 0 Å². The second-order valence-corrected chi connectivity index (χ2v) is 6.73. The third kappa shape index (κ3) is 3.95. The van der Waals surface area contributed by atoms with Crippen molar-refractivity contribution in [2.75, 3.05) is 11.4 Å². The monoisotopic (exact) mass is 359 g/mol. The molecule has 0 bridgehead atoms. The van der Waals surface area contributed by atoms with Gasteiger partial charge in [0.25, 0.3) is 0 Å². The molecule has 4 nitrogen and oxygen atoms in total. The Labute approximate surface area is 158 Å². The Morgan fingerprint density at radius 1 is 0.963 bits per heavy atom. The van der Waals surface area contributed by atoms with Crippen molar-refractivity contribution >= 4 is 11.7 Å². The van der Waals surface area contributed by atoms with Gasteiger partial charge in [0.15, 0.2) is 0 Å². The van der Waals surface area contributed by atoms with E-state index in [2.05, 4.69) is 17.0 Å². The molecule has 0 atom stereocenters. The van der Waals surface area contributed by atoms with Crippen molar-refractivity contribution in [1.82, 2.24) is 0 Å². The van der Waals surface area contributed by atoms with Crippen LogP contribution in [0.25, 0.3) is 0 Å². The zero-order valence-electron chi connectivity index (χ0n) is 15.0. The maximum Gasteiger partial charge on any atom is 0.335 e. The first-order valence-corrected chi connectivity index (χ1v) is 9.12. The molecule has 1 aliphatic rings. The van der Waals surface area contributed by atoms with Crippen LogP contribution in [0.3, 0.4) is 0 Å². The van der Waals surface area contributed by atoms with Gasteiger partial charge in [-0.05, 0) is 66.4 Å². The van der Waals surface area contributed by atoms with Gasteiger partial charge in [0, 0.05) is 18.8 Å². The van der Waals surface area contributed by atoms with Crippen LogP contribution in [-0.4, -0.2) is 17.6 Å². The molecule has 0 spiro atoms. The van der Waals surface area contributed by atoms with Crippen molar-refractivity contribution < 1.29 is 14.6 Å². The Kier molecular flexibility index (Phi) is 4.79. The average molecular weight is 359 g/mol. The third-order valence-corrected chi connectivity index (χ3v) is 4.82. The fourth-order valence-electron chi connectivity index (χ4n) is 3.48. The third-order valence-electron chi connectivity index (χ3n) is 4.82. The van der Waals surface area contributed by atoms with Gasteiger partial charge in [-0.25, -0.2) is 4.79 Å². The molecule has 0 amide bonds. The number of ether oxygens (including phenoxy) is 1. The average Bonchev–Trinajstić information content (AvgIpc) is 2.70. The number of hydrogen-bond acceptors (Lipinski definition) is 3. The van der Waals surface area contributed by atoms with E-state index in [0.717, 1.165) is 48.7 Å². The van der Waals surface area contributed by atoms with Gasteiger partial charge in [-0.1, -0.05) is 30.3 Å². The number of rotatable bonds is 5. The first-order chi connectivity index (χ1) is 13.2. The minimum Gasteiger partial charge on any atom is -0.478 e. The molecule has 4 heteroatoms. The molecular weight excluding hydrogens is 338 g/mol. The summed E-state index contributed by atoms with van der Waals surface area (Å²) in [6.45, 7) is 1.77. The van der Waals surface area contributed by atoms with Crippen molar-refractivity contribution in [3.05, 3.63) is 89.5 Å². The number of benzene rings is 3. The van der Waals surface area contributed by atoms with Crippen LogP contribution in [0.2, 0.25) is 0 Å². The minimum atomic E-state index is -0.871. The highest BCUT2D eigenvalue weighted by atomic mass is 16.5. The van der Waals surface area contributed by atoms with E-state index >= 15 is 0 Å². The summed E-state index contributed by atoms with van der Waals surface area (Å²) in [5, 5.41) is 9.19. The highest BCUT2D eigenvalue weighted by molar-refractivity contribution is 5.88. The molecule has 3 aromatic rings. The second kappa shape index (κ2) is 7.54. The number of nitrogens with zero attached hydrogens (tertiary/aromatic N) is 1. The van der Waals surface area contributed by atoms with E-state index in [1.807, 2.05) is 48.5 Å². The van der Waals surface area contributed by atoms with Crippen LogP contribution in [0.15, 0.2) is 72.8 Å². The first kappa shape index (κ1) is 17.2. The lowest BCUT2D eigenvalue weighted by Gasteiger charge is -2.31. The van der Waals surface area contributed by atoms with Crippen molar-refractivity contribution in [2.24, 2.45) is 0 Å². The first-order valence-electron chi connectivity index (χ1n) is 9.12. The Bertz CT molecular complexity index is 936. The molecule has 1 N–H and O–H groups in total. The zero-order valence-corrected chi connectivity index (χ0v) is 15.0. The Morgan fingerprint density at radius 3 is 2.44 bits per heavy atom. The number of carboxylic acid groups (broad SMARTS) is 1. The van der Waals surface area contributed by atoms with Gasteiger partial charge >= 0.3 is 5.97 Å². The number of carboxylic acids is 1. The number of carbonyl (C=O) groups is 1. The Balaban J connectivity index is 1.48. The summed E-state index contributed by atoms with van der Waals surface area (Å²) in [7, 11) is 0. The van der Waals surface area contributed by atoms with Crippen molar-refractivity contribution in [3.63, 3.8) is 0 Å². The van der Waals surface area contributed by atoms with E-state index < -0.39 is 5.97 Å². The summed E-state index contributed by atoms with van der Waals surface area (Å²) < 4.78 is 5.85. The fraction of sp³-hybridized carbons (Fsp3) is 0.174. The lowest BCUT2D eigenvalue weighted by atomic mass is 9.98. The molecule has 1 heterocycles. The zero-order chi connectivity index (χ0) is 18.6. The van der Waals surface area contributed by atoms with E-state index in [9.17, 15) is 9.90 Å². The van der Waals surface area contributed by atoms with Gasteiger partial charge in [-0.3, -0.25) is 0 Å². The number of aromatic carboxylic acids is 1. The summed E-state index contributed by atoms with van der Waals surface area (Å²) in [4.78, 5) is 13.5. The molecule has 136 valence electrons. The minimum absolute atomic E-state index is 0.359. The molecule has 4 rings (SSSR count). The Morgan fingerprint density at radius 2 is 1.70 bits per heavy atom. The highest BCUT2D eigenvalue weighted by Crippen LogP contribution is 2.30. The van der Waals surface area contributed by atoms with Gasteiger partial charge in [0.05, 0.1) is 5.56 Å². The maximum absolute atomic E-state index is 11.2. The maximum atomic E-state index is 11.2. The molecule has 0 aliphatic carbocycles. The van der Waals surface area contributed by atoms with Gasteiger partial charge in [-0.15, -0.1) is 0 Å². The Hall–Kier alpha value is -3.27. The lowest BCUT2D eigenvalue weighted by Crippen LogP contribution is -2.29. The summed E-state index contributed by atoms with van der Waals surface area (Å²) in [5.74, 6) is 0.767. The van der Waals surface area contributed by atoms with Crippen molar-refractivity contribution in [1.29, 1.82) is 0 Å². The van der Waals surface area contributed by atoms with Gasteiger partial charge in [0.2, 0.25) is 0 Å². The van der Waals surface area contributed by atoms with Gasteiger partial charge < -0.3 is 14.7 Å². The topological polar surface area (TPSA) is 49.8 Å². The number of hydrogen-bond donors (Lipinski definition) is 1. The number of para-hydroxylation sites is 1. The van der Waals surface area contributed by atoms with Gasteiger partial charge in [-0.2, -0.15) is 0 Å². The predicted octanol–water partition coefficient (Wildman–Crippen LogP) is 5.13. The lowest BCUT2D eigenvalue weighted by molar-refractivity contribution is 0.0696.